The summed E-state index contributed by atoms with van der Waals surface area (Å²) in [6.45, 7) is 0. The number of ether oxygens (including phenoxy) is 1. The highest BCUT2D eigenvalue weighted by Crippen LogP contribution is 2.61. The van der Waals surface area contributed by atoms with Crippen LogP contribution in [0.15, 0.2) is 42.5 Å². The summed E-state index contributed by atoms with van der Waals surface area (Å²) in [5.74, 6) is 0.596. The van der Waals surface area contributed by atoms with Gasteiger partial charge in [-0.1, -0.05) is 36.4 Å². The van der Waals surface area contributed by atoms with Gasteiger partial charge in [0.15, 0.2) is 5.28 Å². The van der Waals surface area contributed by atoms with Crippen molar-refractivity contribution in [2.75, 3.05) is 21.2 Å². The maximum Gasteiger partial charge on any atom is 0.350 e. The van der Waals surface area contributed by atoms with Crippen molar-refractivity contribution in [3.05, 3.63) is 48.1 Å². The Morgan fingerprint density at radius 2 is 1.95 bits per heavy atom. The fourth-order valence-corrected chi connectivity index (χ4v) is 4.15. The molecule has 0 heterocycles. The number of nitrogens with zero attached hydrogens (tertiary/aromatic N) is 1. The molecule has 0 aromatic heterocycles. The topological polar surface area (TPSA) is 70.0 Å². The number of methoxy groups -OCH3 is 1. The first-order chi connectivity index (χ1) is 9.84. The third-order valence-corrected chi connectivity index (χ3v) is 5.64. The lowest BCUT2D eigenvalue weighted by molar-refractivity contribution is 0.237. The van der Waals surface area contributed by atoms with Gasteiger partial charge in [0.05, 0.1) is 7.11 Å². The van der Waals surface area contributed by atoms with Gasteiger partial charge in [-0.05, 0) is 32.2 Å². The average molecular weight is 309 g/mol. The Bertz CT molecular complexity index is 632. The van der Waals surface area contributed by atoms with E-state index in [9.17, 15) is 14.4 Å². The summed E-state index contributed by atoms with van der Waals surface area (Å²) < 4.78 is 17.6. The number of rotatable bonds is 4. The molecule has 0 amide bonds. The van der Waals surface area contributed by atoms with Crippen LogP contribution < -0.4 is 4.74 Å². The number of hydrogen-bond acceptors (Lipinski definition) is 3. The molecule has 2 N–H and O–H groups in total. The predicted octanol–water partition coefficient (Wildman–Crippen LogP) is 2.47. The zero-order chi connectivity index (χ0) is 15.7. The second-order valence-electron chi connectivity index (χ2n) is 5.17. The van der Waals surface area contributed by atoms with E-state index in [1.807, 2.05) is 24.3 Å². The molecule has 1 aromatic rings. The summed E-state index contributed by atoms with van der Waals surface area (Å²) in [5, 5.41) is -1.38. The van der Waals surface area contributed by atoms with E-state index in [2.05, 4.69) is 0 Å². The lowest BCUT2D eigenvalue weighted by Crippen LogP contribution is -2.45. The van der Waals surface area contributed by atoms with E-state index in [0.717, 1.165) is 0 Å². The van der Waals surface area contributed by atoms with E-state index in [4.69, 9.17) is 4.74 Å². The van der Waals surface area contributed by atoms with Crippen molar-refractivity contribution < 1.29 is 19.1 Å². The SMILES string of the molecule is COc1ccccc1C1=CC=CCC1(N(C)C)P(=O)(O)O. The fraction of sp³-hybridized carbons (Fsp3) is 0.333. The van der Waals surface area contributed by atoms with Crippen molar-refractivity contribution in [2.24, 2.45) is 0 Å². The molecule has 0 aliphatic heterocycles. The Kier molecular flexibility index (Phi) is 4.40. The van der Waals surface area contributed by atoms with E-state index in [1.165, 1.54) is 0 Å². The Morgan fingerprint density at radius 3 is 2.52 bits per heavy atom. The van der Waals surface area contributed by atoms with Crippen LogP contribution in [-0.2, 0) is 4.57 Å². The van der Waals surface area contributed by atoms with E-state index in [1.54, 1.807) is 44.3 Å². The zero-order valence-electron chi connectivity index (χ0n) is 12.4. The van der Waals surface area contributed by atoms with Crippen molar-refractivity contribution in [1.29, 1.82) is 0 Å². The molecular weight excluding hydrogens is 289 g/mol. The van der Waals surface area contributed by atoms with Gasteiger partial charge < -0.3 is 14.5 Å². The van der Waals surface area contributed by atoms with Crippen LogP contribution in [0.25, 0.3) is 5.57 Å². The zero-order valence-corrected chi connectivity index (χ0v) is 13.2. The molecular formula is C15H20NO4P. The van der Waals surface area contributed by atoms with E-state index in [0.29, 0.717) is 16.9 Å². The Labute approximate surface area is 124 Å². The molecule has 1 atom stereocenters. The van der Waals surface area contributed by atoms with Crippen molar-refractivity contribution >= 4 is 13.2 Å². The Balaban J connectivity index is 2.71. The van der Waals surface area contributed by atoms with E-state index >= 15 is 0 Å². The molecule has 1 aliphatic rings. The summed E-state index contributed by atoms with van der Waals surface area (Å²) in [5.41, 5.74) is 1.27. The summed E-state index contributed by atoms with van der Waals surface area (Å²) in [6, 6.07) is 7.26. The molecule has 0 spiro atoms. The molecule has 114 valence electrons. The highest BCUT2D eigenvalue weighted by Gasteiger charge is 2.52. The van der Waals surface area contributed by atoms with E-state index < -0.39 is 12.9 Å². The first-order valence-corrected chi connectivity index (χ1v) is 8.19. The highest BCUT2D eigenvalue weighted by molar-refractivity contribution is 7.54. The Hall–Kier alpha value is -1.39. The first-order valence-electron chi connectivity index (χ1n) is 6.58. The molecule has 1 unspecified atom stereocenters. The fourth-order valence-electron chi connectivity index (χ4n) is 2.77. The van der Waals surface area contributed by atoms with Crippen LogP contribution in [0.1, 0.15) is 12.0 Å². The van der Waals surface area contributed by atoms with Gasteiger partial charge in [-0.3, -0.25) is 9.46 Å². The molecule has 1 aromatic carbocycles. The first kappa shape index (κ1) is 16.0. The van der Waals surface area contributed by atoms with Gasteiger partial charge in [0.1, 0.15) is 5.75 Å². The van der Waals surface area contributed by atoms with Gasteiger partial charge in [-0.2, -0.15) is 0 Å². The van der Waals surface area contributed by atoms with E-state index in [-0.39, 0.29) is 6.42 Å². The Morgan fingerprint density at radius 1 is 1.29 bits per heavy atom. The second kappa shape index (κ2) is 5.78. The van der Waals surface area contributed by atoms with Crippen LogP contribution in [-0.4, -0.2) is 41.2 Å². The monoisotopic (exact) mass is 309 g/mol. The van der Waals surface area contributed by atoms with Gasteiger partial charge in [-0.25, -0.2) is 0 Å². The molecule has 6 heteroatoms. The maximum atomic E-state index is 12.3. The average Bonchev–Trinajstić information content (AvgIpc) is 2.45. The summed E-state index contributed by atoms with van der Waals surface area (Å²) >= 11 is 0. The summed E-state index contributed by atoms with van der Waals surface area (Å²) in [6.07, 6.45) is 5.59. The molecule has 0 saturated heterocycles. The number of para-hydroxylation sites is 1. The van der Waals surface area contributed by atoms with Crippen molar-refractivity contribution in [3.8, 4) is 5.75 Å². The summed E-state index contributed by atoms with van der Waals surface area (Å²) in [7, 11) is 0.483. The predicted molar refractivity (Wildman–Crippen MR) is 83.2 cm³/mol. The lowest BCUT2D eigenvalue weighted by Gasteiger charge is -2.42. The molecule has 21 heavy (non-hydrogen) atoms. The second-order valence-corrected chi connectivity index (χ2v) is 7.00. The molecule has 0 fully saturated rings. The summed E-state index contributed by atoms with van der Waals surface area (Å²) in [4.78, 5) is 21.6. The van der Waals surface area contributed by atoms with Crippen molar-refractivity contribution in [2.45, 2.75) is 11.7 Å². The quantitative estimate of drug-likeness (QED) is 0.836. The van der Waals surface area contributed by atoms with Gasteiger partial charge >= 0.3 is 7.60 Å². The largest absolute Gasteiger partial charge is 0.496 e. The van der Waals surface area contributed by atoms with Crippen molar-refractivity contribution in [1.82, 2.24) is 4.90 Å². The lowest BCUT2D eigenvalue weighted by atomic mass is 9.90. The molecule has 0 bridgehead atoms. The van der Waals surface area contributed by atoms with Crippen LogP contribution in [0.4, 0.5) is 0 Å². The number of likely N-dealkylation sites (N-methyl/N-ethyl adjacent to an activating group) is 1. The van der Waals surface area contributed by atoms with Crippen LogP contribution >= 0.6 is 7.60 Å². The van der Waals surface area contributed by atoms with Crippen molar-refractivity contribution in [3.63, 3.8) is 0 Å². The smallest absolute Gasteiger partial charge is 0.350 e. The molecule has 0 radical (unpaired) electrons. The van der Waals surface area contributed by atoms with Gasteiger partial charge in [0.25, 0.3) is 0 Å². The minimum atomic E-state index is -4.43. The minimum absolute atomic E-state index is 0.244. The molecule has 1 aliphatic carbocycles. The van der Waals surface area contributed by atoms with Gasteiger partial charge in [0, 0.05) is 5.56 Å². The van der Waals surface area contributed by atoms with Gasteiger partial charge in [-0.15, -0.1) is 0 Å². The number of hydrogen-bond donors (Lipinski definition) is 2. The maximum absolute atomic E-state index is 12.3. The third kappa shape index (κ3) is 2.58. The van der Waals surface area contributed by atoms with Crippen LogP contribution in [0.2, 0.25) is 0 Å². The standard InChI is InChI=1S/C15H20NO4P/c1-16(2)15(21(17,18)19)11-7-6-9-13(15)12-8-4-5-10-14(12)20-3/h4-10H,11H2,1-3H3,(H2,17,18,19). The van der Waals surface area contributed by atoms with Gasteiger partial charge in [0.2, 0.25) is 0 Å². The normalized spacial score (nSPS) is 22.3. The number of allylic oxidation sites excluding steroid dienone is 2. The highest BCUT2D eigenvalue weighted by atomic mass is 31.2. The molecule has 0 saturated carbocycles. The van der Waals surface area contributed by atoms with Crippen LogP contribution in [0.3, 0.4) is 0 Å². The van der Waals surface area contributed by atoms with Crippen LogP contribution in [0.5, 0.6) is 5.75 Å². The molecule has 5 nitrogen and oxygen atoms in total. The third-order valence-electron chi connectivity index (χ3n) is 3.85. The number of benzene rings is 1. The minimum Gasteiger partial charge on any atom is -0.496 e. The molecule has 2 rings (SSSR count). The van der Waals surface area contributed by atoms with Crippen LogP contribution in [0, 0.1) is 0 Å².